The molecule has 2 rings (SSSR count). The van der Waals surface area contributed by atoms with Crippen LogP contribution in [0.5, 0.6) is 5.75 Å². The van der Waals surface area contributed by atoms with Crippen molar-refractivity contribution in [1.82, 2.24) is 5.32 Å². The Morgan fingerprint density at radius 1 is 1.22 bits per heavy atom. The lowest BCUT2D eigenvalue weighted by Crippen LogP contribution is -2.44. The van der Waals surface area contributed by atoms with Crippen LogP contribution in [0.4, 0.5) is 0 Å². The Morgan fingerprint density at radius 3 is 2.83 bits per heavy atom. The molecule has 1 saturated heterocycles. The maximum Gasteiger partial charge on any atom is 0.119 e. The summed E-state index contributed by atoms with van der Waals surface area (Å²) >= 11 is 0. The summed E-state index contributed by atoms with van der Waals surface area (Å²) in [5.41, 5.74) is 0. The Kier molecular flexibility index (Phi) is 5.49. The average Bonchev–Trinajstić information content (AvgIpc) is 2.42. The van der Waals surface area contributed by atoms with Gasteiger partial charge in [-0.05, 0) is 38.4 Å². The molecule has 0 spiro atoms. The van der Waals surface area contributed by atoms with Crippen molar-refractivity contribution in [3.63, 3.8) is 0 Å². The maximum absolute atomic E-state index is 5.89. The summed E-state index contributed by atoms with van der Waals surface area (Å²) in [5.74, 6) is 0.935. The van der Waals surface area contributed by atoms with Gasteiger partial charge in [0.05, 0.1) is 19.3 Å². The molecule has 0 aliphatic carbocycles. The van der Waals surface area contributed by atoms with Gasteiger partial charge in [-0.15, -0.1) is 0 Å². The van der Waals surface area contributed by atoms with Crippen molar-refractivity contribution in [2.24, 2.45) is 0 Å². The monoisotopic (exact) mass is 249 g/mol. The molecule has 18 heavy (non-hydrogen) atoms. The fraction of sp³-hybridized carbons (Fsp3) is 0.600. The van der Waals surface area contributed by atoms with Gasteiger partial charge in [-0.2, -0.15) is 0 Å². The molecule has 1 heterocycles. The Bertz CT molecular complexity index is 329. The van der Waals surface area contributed by atoms with Gasteiger partial charge in [0.25, 0.3) is 0 Å². The van der Waals surface area contributed by atoms with E-state index in [2.05, 4.69) is 12.2 Å². The average molecular weight is 249 g/mol. The van der Waals surface area contributed by atoms with Crippen LogP contribution >= 0.6 is 0 Å². The van der Waals surface area contributed by atoms with Gasteiger partial charge in [0, 0.05) is 12.5 Å². The topological polar surface area (TPSA) is 30.5 Å². The minimum atomic E-state index is 0.371. The molecule has 1 N–H and O–H groups in total. The van der Waals surface area contributed by atoms with Crippen LogP contribution in [0.25, 0.3) is 0 Å². The first-order valence-electron chi connectivity index (χ1n) is 6.89. The molecule has 0 bridgehead atoms. The summed E-state index contributed by atoms with van der Waals surface area (Å²) in [6.45, 7) is 4.82. The molecule has 3 heteroatoms. The Morgan fingerprint density at radius 2 is 2.06 bits per heavy atom. The molecule has 1 fully saturated rings. The smallest absolute Gasteiger partial charge is 0.119 e. The van der Waals surface area contributed by atoms with Crippen LogP contribution < -0.4 is 10.1 Å². The number of para-hydroxylation sites is 1. The number of nitrogens with one attached hydrogen (secondary N) is 1. The van der Waals surface area contributed by atoms with Crippen LogP contribution in [0.15, 0.2) is 30.3 Å². The Balaban J connectivity index is 1.56. The van der Waals surface area contributed by atoms with Crippen molar-refractivity contribution < 1.29 is 9.47 Å². The highest BCUT2D eigenvalue weighted by molar-refractivity contribution is 5.20. The Labute approximate surface area is 109 Å². The largest absolute Gasteiger partial charge is 0.494 e. The number of rotatable bonds is 6. The molecule has 1 aliphatic rings. The highest BCUT2D eigenvalue weighted by atomic mass is 16.5. The highest BCUT2D eigenvalue weighted by Gasteiger charge is 2.20. The minimum Gasteiger partial charge on any atom is -0.494 e. The van der Waals surface area contributed by atoms with Gasteiger partial charge in [-0.1, -0.05) is 18.2 Å². The summed E-state index contributed by atoms with van der Waals surface area (Å²) in [6.07, 6.45) is 3.71. The van der Waals surface area contributed by atoms with E-state index >= 15 is 0 Å². The summed E-state index contributed by atoms with van der Waals surface area (Å²) in [4.78, 5) is 0. The fourth-order valence-corrected chi connectivity index (χ4v) is 2.24. The lowest BCUT2D eigenvalue weighted by atomic mass is 10.0. The summed E-state index contributed by atoms with van der Waals surface area (Å²) in [7, 11) is 0. The fourth-order valence-electron chi connectivity index (χ4n) is 2.24. The van der Waals surface area contributed by atoms with E-state index in [9.17, 15) is 0 Å². The molecule has 0 radical (unpaired) electrons. The van der Waals surface area contributed by atoms with Gasteiger partial charge < -0.3 is 14.8 Å². The summed E-state index contributed by atoms with van der Waals surface area (Å²) < 4.78 is 11.5. The third-order valence-electron chi connectivity index (χ3n) is 3.32. The van der Waals surface area contributed by atoms with E-state index in [0.717, 1.165) is 31.9 Å². The lowest BCUT2D eigenvalue weighted by Gasteiger charge is -2.29. The van der Waals surface area contributed by atoms with Gasteiger partial charge in [-0.3, -0.25) is 0 Å². The number of hydrogen-bond acceptors (Lipinski definition) is 3. The zero-order chi connectivity index (χ0) is 12.6. The van der Waals surface area contributed by atoms with E-state index in [-0.39, 0.29) is 0 Å². The zero-order valence-electron chi connectivity index (χ0n) is 11.1. The maximum atomic E-state index is 5.89. The second-order valence-corrected chi connectivity index (χ2v) is 4.81. The number of benzene rings is 1. The summed E-state index contributed by atoms with van der Waals surface area (Å²) in [6, 6.07) is 10.4. The predicted octanol–water partition coefficient (Wildman–Crippen LogP) is 2.61. The molecule has 1 aliphatic heterocycles. The van der Waals surface area contributed by atoms with Gasteiger partial charge in [-0.25, -0.2) is 0 Å². The van der Waals surface area contributed by atoms with Crippen LogP contribution in [-0.4, -0.2) is 31.9 Å². The molecular formula is C15H23NO2. The van der Waals surface area contributed by atoms with Crippen LogP contribution in [0.3, 0.4) is 0 Å². The molecule has 2 atom stereocenters. The molecule has 2 unspecified atom stereocenters. The minimum absolute atomic E-state index is 0.371. The molecule has 1 aromatic rings. The third-order valence-corrected chi connectivity index (χ3v) is 3.32. The number of piperidine rings is 1. The molecular weight excluding hydrogens is 226 g/mol. The Hall–Kier alpha value is -1.06. The molecule has 0 aromatic heterocycles. The van der Waals surface area contributed by atoms with Crippen molar-refractivity contribution in [3.8, 4) is 5.75 Å². The second kappa shape index (κ2) is 7.39. The van der Waals surface area contributed by atoms with Crippen LogP contribution in [-0.2, 0) is 4.74 Å². The van der Waals surface area contributed by atoms with Gasteiger partial charge >= 0.3 is 0 Å². The van der Waals surface area contributed by atoms with E-state index in [0.29, 0.717) is 12.1 Å². The molecule has 3 nitrogen and oxygen atoms in total. The molecule has 1 aromatic carbocycles. The molecule has 0 saturated carbocycles. The van der Waals surface area contributed by atoms with Crippen LogP contribution in [0, 0.1) is 0 Å². The zero-order valence-corrected chi connectivity index (χ0v) is 11.1. The molecule has 0 amide bonds. The van der Waals surface area contributed by atoms with Crippen molar-refractivity contribution in [2.45, 2.75) is 38.3 Å². The van der Waals surface area contributed by atoms with Crippen molar-refractivity contribution in [3.05, 3.63) is 30.3 Å². The van der Waals surface area contributed by atoms with E-state index in [4.69, 9.17) is 9.47 Å². The second-order valence-electron chi connectivity index (χ2n) is 4.81. The lowest BCUT2D eigenvalue weighted by molar-refractivity contribution is 0.00769. The summed E-state index contributed by atoms with van der Waals surface area (Å²) in [5, 5.41) is 3.44. The predicted molar refractivity (Wildman–Crippen MR) is 73.0 cm³/mol. The normalized spacial score (nSPS) is 23.8. The van der Waals surface area contributed by atoms with E-state index in [1.165, 1.54) is 12.8 Å². The number of ether oxygens (including phenoxy) is 2. The van der Waals surface area contributed by atoms with Gasteiger partial charge in [0.15, 0.2) is 0 Å². The third kappa shape index (κ3) is 4.31. The first-order valence-corrected chi connectivity index (χ1v) is 6.89. The molecule has 100 valence electrons. The van der Waals surface area contributed by atoms with Gasteiger partial charge in [0.2, 0.25) is 0 Å². The number of hydrogen-bond donors (Lipinski definition) is 1. The van der Waals surface area contributed by atoms with Crippen molar-refractivity contribution in [1.29, 1.82) is 0 Å². The van der Waals surface area contributed by atoms with E-state index < -0.39 is 0 Å². The van der Waals surface area contributed by atoms with E-state index in [1.54, 1.807) is 0 Å². The van der Waals surface area contributed by atoms with E-state index in [1.807, 2.05) is 30.3 Å². The van der Waals surface area contributed by atoms with Crippen molar-refractivity contribution >= 4 is 0 Å². The van der Waals surface area contributed by atoms with Crippen LogP contribution in [0.1, 0.15) is 26.2 Å². The van der Waals surface area contributed by atoms with Crippen LogP contribution in [0.2, 0.25) is 0 Å². The SMILES string of the molecule is CC1NCCCC1OCCCOc1ccccc1. The quantitative estimate of drug-likeness (QED) is 0.786. The first kappa shape index (κ1) is 13.4. The van der Waals surface area contributed by atoms with Gasteiger partial charge in [0.1, 0.15) is 5.75 Å². The first-order chi connectivity index (χ1) is 8.86. The standard InChI is InChI=1S/C15H23NO2/c1-13-15(9-5-10-16-13)18-12-6-11-17-14-7-3-2-4-8-14/h2-4,7-8,13,15-16H,5-6,9-12H2,1H3. The van der Waals surface area contributed by atoms with Crippen molar-refractivity contribution in [2.75, 3.05) is 19.8 Å². The highest BCUT2D eigenvalue weighted by Crippen LogP contribution is 2.13.